The molecule has 2 aromatic rings. The first kappa shape index (κ1) is 18.9. The van der Waals surface area contributed by atoms with Crippen LogP contribution in [-0.2, 0) is 6.42 Å². The van der Waals surface area contributed by atoms with Gasteiger partial charge in [0.1, 0.15) is 11.6 Å². The molecule has 2 rings (SSSR count). The van der Waals surface area contributed by atoms with Crippen LogP contribution in [0.2, 0.25) is 0 Å². The molecule has 0 radical (unpaired) electrons. The number of benzene rings is 1. The number of anilines is 1. The quantitative estimate of drug-likeness (QED) is 0.687. The van der Waals surface area contributed by atoms with Crippen molar-refractivity contribution in [2.75, 3.05) is 39.0 Å². The molecule has 5 nitrogen and oxygen atoms in total. The molecule has 0 aliphatic heterocycles. The van der Waals surface area contributed by atoms with Gasteiger partial charge in [-0.2, -0.15) is 0 Å². The van der Waals surface area contributed by atoms with Gasteiger partial charge in [-0.1, -0.05) is 12.1 Å². The molecule has 2 N–H and O–H groups in total. The molecule has 0 aliphatic rings. The molecule has 6 heteroatoms. The van der Waals surface area contributed by atoms with Crippen molar-refractivity contribution in [3.05, 3.63) is 59.5 Å². The third kappa shape index (κ3) is 6.89. The van der Waals surface area contributed by atoms with E-state index in [1.165, 1.54) is 12.1 Å². The highest BCUT2D eigenvalue weighted by atomic mass is 19.1. The van der Waals surface area contributed by atoms with Crippen molar-refractivity contribution in [3.63, 3.8) is 0 Å². The van der Waals surface area contributed by atoms with Gasteiger partial charge in [0.2, 0.25) is 0 Å². The Kier molecular flexibility index (Phi) is 7.35. The smallest absolute Gasteiger partial charge is 0.251 e. The van der Waals surface area contributed by atoms with Crippen LogP contribution in [0, 0.1) is 5.82 Å². The fourth-order valence-corrected chi connectivity index (χ4v) is 2.35. The lowest BCUT2D eigenvalue weighted by Crippen LogP contribution is -2.27. The average molecular weight is 344 g/mol. The van der Waals surface area contributed by atoms with E-state index in [0.717, 1.165) is 24.9 Å². The molecule has 1 aromatic heterocycles. The molecule has 1 heterocycles. The minimum absolute atomic E-state index is 0.0947. The van der Waals surface area contributed by atoms with Crippen LogP contribution in [0.1, 0.15) is 22.3 Å². The van der Waals surface area contributed by atoms with E-state index < -0.39 is 0 Å². The number of halogens is 1. The summed E-state index contributed by atoms with van der Waals surface area (Å²) in [5.74, 6) is 0.327. The Morgan fingerprint density at radius 3 is 2.64 bits per heavy atom. The van der Waals surface area contributed by atoms with E-state index in [0.29, 0.717) is 24.5 Å². The van der Waals surface area contributed by atoms with Crippen LogP contribution in [0.15, 0.2) is 42.6 Å². The summed E-state index contributed by atoms with van der Waals surface area (Å²) in [4.78, 5) is 18.5. The zero-order chi connectivity index (χ0) is 18.1. The van der Waals surface area contributed by atoms with Crippen LogP contribution < -0.4 is 10.6 Å². The first-order valence-corrected chi connectivity index (χ1v) is 8.42. The van der Waals surface area contributed by atoms with E-state index in [1.54, 1.807) is 30.5 Å². The van der Waals surface area contributed by atoms with E-state index in [2.05, 4.69) is 20.5 Å². The molecule has 0 atom stereocenters. The number of hydrogen-bond donors (Lipinski definition) is 2. The predicted molar refractivity (Wildman–Crippen MR) is 98.3 cm³/mol. The fourth-order valence-electron chi connectivity index (χ4n) is 2.35. The molecule has 0 bridgehead atoms. The van der Waals surface area contributed by atoms with E-state index in [4.69, 9.17) is 0 Å². The number of aromatic nitrogens is 1. The van der Waals surface area contributed by atoms with Crippen LogP contribution in [0.5, 0.6) is 0 Å². The van der Waals surface area contributed by atoms with Gasteiger partial charge in [-0.3, -0.25) is 4.79 Å². The number of carbonyl (C=O) groups excluding carboxylic acids is 1. The first-order chi connectivity index (χ1) is 12.0. The molecular formula is C19H25FN4O. The Balaban J connectivity index is 1.79. The lowest BCUT2D eigenvalue weighted by molar-refractivity contribution is 0.0952. The van der Waals surface area contributed by atoms with Gasteiger partial charge in [-0.15, -0.1) is 0 Å². The summed E-state index contributed by atoms with van der Waals surface area (Å²) >= 11 is 0. The molecule has 0 saturated heterocycles. The number of nitrogens with one attached hydrogen (secondary N) is 2. The monoisotopic (exact) mass is 344 g/mol. The van der Waals surface area contributed by atoms with Crippen molar-refractivity contribution in [1.82, 2.24) is 15.2 Å². The van der Waals surface area contributed by atoms with Gasteiger partial charge in [0, 0.05) is 24.8 Å². The Morgan fingerprint density at radius 2 is 1.92 bits per heavy atom. The van der Waals surface area contributed by atoms with E-state index in [9.17, 15) is 9.18 Å². The summed E-state index contributed by atoms with van der Waals surface area (Å²) in [6, 6.07) is 9.88. The van der Waals surface area contributed by atoms with Crippen LogP contribution in [0.3, 0.4) is 0 Å². The normalized spacial score (nSPS) is 10.7. The molecule has 1 aromatic carbocycles. The lowest BCUT2D eigenvalue weighted by Gasteiger charge is -2.10. The molecule has 0 unspecified atom stereocenters. The van der Waals surface area contributed by atoms with Crippen molar-refractivity contribution in [2.24, 2.45) is 0 Å². The van der Waals surface area contributed by atoms with Crippen LogP contribution in [-0.4, -0.2) is 49.5 Å². The van der Waals surface area contributed by atoms with E-state index >= 15 is 0 Å². The number of rotatable bonds is 9. The Morgan fingerprint density at radius 1 is 1.16 bits per heavy atom. The van der Waals surface area contributed by atoms with Crippen molar-refractivity contribution in [1.29, 1.82) is 0 Å². The van der Waals surface area contributed by atoms with Gasteiger partial charge in [0.05, 0.1) is 0 Å². The summed E-state index contributed by atoms with van der Waals surface area (Å²) in [5.41, 5.74) is 1.63. The summed E-state index contributed by atoms with van der Waals surface area (Å²) in [6.45, 7) is 2.24. The summed E-state index contributed by atoms with van der Waals surface area (Å²) in [7, 11) is 4.02. The van der Waals surface area contributed by atoms with Gasteiger partial charge in [-0.05, 0) is 63.3 Å². The van der Waals surface area contributed by atoms with Crippen molar-refractivity contribution >= 4 is 11.7 Å². The molecule has 1 amide bonds. The predicted octanol–water partition coefficient (Wildman–Crippen LogP) is 2.56. The maximum absolute atomic E-state index is 12.9. The zero-order valence-electron chi connectivity index (χ0n) is 14.8. The molecular weight excluding hydrogens is 319 g/mol. The third-order valence-electron chi connectivity index (χ3n) is 3.72. The summed E-state index contributed by atoms with van der Waals surface area (Å²) in [6.07, 6.45) is 3.28. The number of carbonyl (C=O) groups is 1. The Hall–Kier alpha value is -2.47. The topological polar surface area (TPSA) is 57.3 Å². The van der Waals surface area contributed by atoms with Crippen molar-refractivity contribution < 1.29 is 9.18 Å². The van der Waals surface area contributed by atoms with Gasteiger partial charge in [0.25, 0.3) is 5.91 Å². The minimum Gasteiger partial charge on any atom is -0.370 e. The van der Waals surface area contributed by atoms with Gasteiger partial charge >= 0.3 is 0 Å². The van der Waals surface area contributed by atoms with E-state index in [1.807, 2.05) is 14.1 Å². The van der Waals surface area contributed by atoms with Crippen molar-refractivity contribution in [2.45, 2.75) is 12.8 Å². The zero-order valence-corrected chi connectivity index (χ0v) is 14.8. The largest absolute Gasteiger partial charge is 0.370 e. The molecule has 0 spiro atoms. The minimum atomic E-state index is -0.234. The summed E-state index contributed by atoms with van der Waals surface area (Å²) < 4.78 is 12.9. The number of pyridine rings is 1. The third-order valence-corrected chi connectivity index (χ3v) is 3.72. The van der Waals surface area contributed by atoms with E-state index in [-0.39, 0.29) is 11.7 Å². The highest BCUT2D eigenvalue weighted by Gasteiger charge is 2.06. The van der Waals surface area contributed by atoms with Crippen molar-refractivity contribution in [3.8, 4) is 0 Å². The Bertz CT molecular complexity index is 673. The molecule has 0 saturated carbocycles. The maximum atomic E-state index is 12.9. The fraction of sp³-hybridized carbons (Fsp3) is 0.368. The Labute approximate surface area is 148 Å². The number of hydrogen-bond acceptors (Lipinski definition) is 4. The summed E-state index contributed by atoms with van der Waals surface area (Å²) in [5, 5.41) is 6.11. The van der Waals surface area contributed by atoms with Crippen LogP contribution in [0.4, 0.5) is 10.2 Å². The molecule has 0 fully saturated rings. The molecule has 0 aliphatic carbocycles. The molecule has 25 heavy (non-hydrogen) atoms. The van der Waals surface area contributed by atoms with Gasteiger partial charge in [0.15, 0.2) is 0 Å². The second-order valence-corrected chi connectivity index (χ2v) is 6.15. The van der Waals surface area contributed by atoms with Gasteiger partial charge < -0.3 is 15.5 Å². The molecule has 134 valence electrons. The second kappa shape index (κ2) is 9.74. The number of nitrogens with zero attached hydrogens (tertiary/aromatic N) is 2. The standard InChI is InChI=1S/C19H25FN4O/c1-24(2)13-3-10-23-19(25)16-9-12-22-18(14-16)21-11-8-15-4-6-17(20)7-5-15/h4-7,9,12,14H,3,8,10-11,13H2,1-2H3,(H,21,22)(H,23,25). The highest BCUT2D eigenvalue weighted by Crippen LogP contribution is 2.08. The lowest BCUT2D eigenvalue weighted by atomic mass is 10.1. The highest BCUT2D eigenvalue weighted by molar-refractivity contribution is 5.94. The van der Waals surface area contributed by atoms with Crippen LogP contribution >= 0.6 is 0 Å². The first-order valence-electron chi connectivity index (χ1n) is 8.42. The van der Waals surface area contributed by atoms with Gasteiger partial charge in [-0.25, -0.2) is 9.37 Å². The average Bonchev–Trinajstić information content (AvgIpc) is 2.60. The second-order valence-electron chi connectivity index (χ2n) is 6.15. The van der Waals surface area contributed by atoms with Crippen LogP contribution in [0.25, 0.3) is 0 Å². The number of amides is 1. The SMILES string of the molecule is CN(C)CCCNC(=O)c1ccnc(NCCc2ccc(F)cc2)c1. The maximum Gasteiger partial charge on any atom is 0.251 e.